The Kier molecular flexibility index (Phi) is 4.98. The first kappa shape index (κ1) is 13.0. The average molecular weight is 237 g/mol. The Bertz CT molecular complexity index is 463. The lowest BCUT2D eigenvalue weighted by Gasteiger charge is -2.02. The van der Waals surface area contributed by atoms with Gasteiger partial charge in [0.2, 0.25) is 0 Å². The molecule has 0 radical (unpaired) electrons. The number of hydrogen-bond acceptors (Lipinski definition) is 2. The van der Waals surface area contributed by atoms with Gasteiger partial charge in [0, 0.05) is 18.6 Å². The highest BCUT2D eigenvalue weighted by Gasteiger charge is 2.05. The van der Waals surface area contributed by atoms with Gasteiger partial charge < -0.3 is 10.2 Å². The monoisotopic (exact) mass is 237 g/mol. The van der Waals surface area contributed by atoms with Crippen molar-refractivity contribution in [1.82, 2.24) is 0 Å². The maximum atomic E-state index is 13.2. The van der Waals surface area contributed by atoms with Crippen LogP contribution in [0.5, 0.6) is 0 Å². The van der Waals surface area contributed by atoms with Crippen LogP contribution < -0.4 is 5.32 Å². The van der Waals surface area contributed by atoms with Gasteiger partial charge in [-0.15, -0.1) is 0 Å². The summed E-state index contributed by atoms with van der Waals surface area (Å²) in [5.74, 6) is 4.91. The molecule has 0 atom stereocenters. The minimum absolute atomic E-state index is 0.0733. The molecule has 0 saturated carbocycles. The van der Waals surface area contributed by atoms with Gasteiger partial charge in [-0.25, -0.2) is 9.18 Å². The average Bonchev–Trinajstić information content (AvgIpc) is 2.28. The maximum Gasteiger partial charge on any atom is 0.409 e. The van der Waals surface area contributed by atoms with Gasteiger partial charge in [-0.1, -0.05) is 11.8 Å². The summed E-state index contributed by atoms with van der Waals surface area (Å²) in [6, 6.07) is 3.95. The minimum atomic E-state index is -1.32. The van der Waals surface area contributed by atoms with E-state index in [1.165, 1.54) is 12.1 Å². The molecule has 1 aromatic rings. The van der Waals surface area contributed by atoms with Crippen molar-refractivity contribution in [1.29, 1.82) is 0 Å². The smallest absolute Gasteiger partial charge is 0.409 e. The third-order valence-corrected chi connectivity index (χ3v) is 1.90. The van der Waals surface area contributed by atoms with Crippen LogP contribution in [-0.4, -0.2) is 22.9 Å². The van der Waals surface area contributed by atoms with Gasteiger partial charge in [0.25, 0.3) is 0 Å². The SMILES string of the molecule is O=C(O)Nc1cc(C#CCCCO)ccc1F. The number of carboxylic acid groups (broad SMARTS) is 1. The number of nitrogens with one attached hydrogen (secondary N) is 1. The number of hydrogen-bond donors (Lipinski definition) is 3. The predicted molar refractivity (Wildman–Crippen MR) is 61.2 cm³/mol. The number of unbranched alkanes of at least 4 members (excludes halogenated alkanes) is 1. The standard InChI is InChI=1S/C12H12FNO3/c13-10-6-5-9(4-2-1-3-7-15)8-11(10)14-12(16)17/h5-6,8,14-15H,1,3,7H2,(H,16,17). The molecule has 5 heteroatoms. The Labute approximate surface area is 98.1 Å². The number of aliphatic hydroxyl groups excluding tert-OH is 1. The van der Waals surface area contributed by atoms with E-state index in [4.69, 9.17) is 10.2 Å². The molecule has 0 unspecified atom stereocenters. The summed E-state index contributed by atoms with van der Waals surface area (Å²) in [5, 5.41) is 19.0. The summed E-state index contributed by atoms with van der Waals surface area (Å²) in [6.45, 7) is 0.0733. The Morgan fingerprint density at radius 2 is 2.24 bits per heavy atom. The Morgan fingerprint density at radius 1 is 1.47 bits per heavy atom. The van der Waals surface area contributed by atoms with E-state index in [2.05, 4.69) is 11.8 Å². The first-order valence-electron chi connectivity index (χ1n) is 5.02. The van der Waals surface area contributed by atoms with Crippen LogP contribution in [0, 0.1) is 17.7 Å². The second-order valence-electron chi connectivity index (χ2n) is 3.25. The maximum absolute atomic E-state index is 13.2. The number of aliphatic hydroxyl groups is 1. The molecule has 0 fully saturated rings. The van der Waals surface area contributed by atoms with Crippen LogP contribution in [0.15, 0.2) is 18.2 Å². The number of benzene rings is 1. The first-order valence-corrected chi connectivity index (χ1v) is 5.02. The fourth-order valence-electron chi connectivity index (χ4n) is 1.15. The molecule has 0 spiro atoms. The number of amides is 1. The third kappa shape index (κ3) is 4.53. The van der Waals surface area contributed by atoms with Crippen molar-refractivity contribution >= 4 is 11.8 Å². The van der Waals surface area contributed by atoms with Crippen molar-refractivity contribution < 1.29 is 19.4 Å². The molecule has 0 aliphatic heterocycles. The number of rotatable bonds is 3. The molecule has 1 amide bonds. The highest BCUT2D eigenvalue weighted by atomic mass is 19.1. The lowest BCUT2D eigenvalue weighted by molar-refractivity contribution is 0.209. The van der Waals surface area contributed by atoms with Crippen LogP contribution in [0.3, 0.4) is 0 Å². The van der Waals surface area contributed by atoms with E-state index < -0.39 is 11.9 Å². The molecule has 0 heterocycles. The molecule has 0 saturated heterocycles. The van der Waals surface area contributed by atoms with Crippen LogP contribution >= 0.6 is 0 Å². The zero-order valence-electron chi connectivity index (χ0n) is 9.03. The van der Waals surface area contributed by atoms with Gasteiger partial charge in [-0.3, -0.25) is 5.32 Å². The fourth-order valence-corrected chi connectivity index (χ4v) is 1.15. The lowest BCUT2D eigenvalue weighted by atomic mass is 10.2. The van der Waals surface area contributed by atoms with Crippen molar-refractivity contribution in [2.24, 2.45) is 0 Å². The van der Waals surface area contributed by atoms with Gasteiger partial charge in [0.05, 0.1) is 5.69 Å². The minimum Gasteiger partial charge on any atom is -0.465 e. The van der Waals surface area contributed by atoms with Crippen LogP contribution in [0.2, 0.25) is 0 Å². The largest absolute Gasteiger partial charge is 0.465 e. The Hall–Kier alpha value is -2.06. The van der Waals surface area contributed by atoms with Crippen molar-refractivity contribution in [2.75, 3.05) is 11.9 Å². The summed E-state index contributed by atoms with van der Waals surface area (Å²) < 4.78 is 13.2. The van der Waals surface area contributed by atoms with Crippen molar-refractivity contribution in [3.8, 4) is 11.8 Å². The van der Waals surface area contributed by atoms with Gasteiger partial charge in [-0.05, 0) is 24.6 Å². The molecule has 4 nitrogen and oxygen atoms in total. The molecular weight excluding hydrogens is 225 g/mol. The van der Waals surface area contributed by atoms with E-state index in [0.717, 1.165) is 6.07 Å². The van der Waals surface area contributed by atoms with Gasteiger partial charge in [0.15, 0.2) is 0 Å². The third-order valence-electron chi connectivity index (χ3n) is 1.90. The van der Waals surface area contributed by atoms with E-state index in [-0.39, 0.29) is 12.3 Å². The summed E-state index contributed by atoms with van der Waals surface area (Å²) in [5.41, 5.74) is 0.402. The molecule has 3 N–H and O–H groups in total. The molecule has 1 rings (SSSR count). The molecule has 1 aromatic carbocycles. The van der Waals surface area contributed by atoms with Crippen LogP contribution in [0.1, 0.15) is 18.4 Å². The molecule has 0 aliphatic rings. The highest BCUT2D eigenvalue weighted by molar-refractivity contribution is 5.83. The molecule has 17 heavy (non-hydrogen) atoms. The topological polar surface area (TPSA) is 69.6 Å². The number of carbonyl (C=O) groups is 1. The fraction of sp³-hybridized carbons (Fsp3) is 0.250. The summed E-state index contributed by atoms with van der Waals surface area (Å²) in [4.78, 5) is 10.4. The quantitative estimate of drug-likeness (QED) is 0.556. The Balaban J connectivity index is 2.79. The molecular formula is C12H12FNO3. The van der Waals surface area contributed by atoms with Crippen molar-refractivity contribution in [3.63, 3.8) is 0 Å². The summed E-state index contributed by atoms with van der Waals surface area (Å²) >= 11 is 0. The van der Waals surface area contributed by atoms with E-state index in [1.807, 2.05) is 5.32 Å². The summed E-state index contributed by atoms with van der Waals surface area (Å²) in [6.07, 6.45) is -0.210. The normalized spacial score (nSPS) is 9.29. The molecule has 0 aliphatic carbocycles. The van der Waals surface area contributed by atoms with E-state index in [1.54, 1.807) is 0 Å². The highest BCUT2D eigenvalue weighted by Crippen LogP contribution is 2.15. The van der Waals surface area contributed by atoms with E-state index in [9.17, 15) is 9.18 Å². The van der Waals surface area contributed by atoms with E-state index >= 15 is 0 Å². The van der Waals surface area contributed by atoms with Gasteiger partial charge in [0.1, 0.15) is 5.82 Å². The first-order chi connectivity index (χ1) is 8.13. The van der Waals surface area contributed by atoms with Gasteiger partial charge >= 0.3 is 6.09 Å². The van der Waals surface area contributed by atoms with Crippen LogP contribution in [-0.2, 0) is 0 Å². The second kappa shape index (κ2) is 6.51. The lowest BCUT2D eigenvalue weighted by Crippen LogP contribution is -2.08. The van der Waals surface area contributed by atoms with Crippen LogP contribution in [0.4, 0.5) is 14.9 Å². The Morgan fingerprint density at radius 3 is 2.88 bits per heavy atom. The van der Waals surface area contributed by atoms with Crippen molar-refractivity contribution in [2.45, 2.75) is 12.8 Å². The zero-order chi connectivity index (χ0) is 12.7. The van der Waals surface area contributed by atoms with Crippen LogP contribution in [0.25, 0.3) is 0 Å². The molecule has 90 valence electrons. The zero-order valence-corrected chi connectivity index (χ0v) is 9.03. The number of anilines is 1. The molecule has 0 bridgehead atoms. The number of halogens is 1. The predicted octanol–water partition coefficient (Wildman–Crippen LogP) is 2.04. The van der Waals surface area contributed by atoms with Gasteiger partial charge in [-0.2, -0.15) is 0 Å². The van der Waals surface area contributed by atoms with E-state index in [0.29, 0.717) is 18.4 Å². The van der Waals surface area contributed by atoms with Crippen molar-refractivity contribution in [3.05, 3.63) is 29.6 Å². The molecule has 0 aromatic heterocycles. The second-order valence-corrected chi connectivity index (χ2v) is 3.25. The summed E-state index contributed by atoms with van der Waals surface area (Å²) in [7, 11) is 0.